The highest BCUT2D eigenvalue weighted by Crippen LogP contribution is 2.31. The topological polar surface area (TPSA) is 53.0 Å². The molecule has 2 aliphatic rings. The molecule has 1 aromatic carbocycles. The number of carboxylic acid groups (broad SMARTS) is 1. The summed E-state index contributed by atoms with van der Waals surface area (Å²) in [6.45, 7) is 6.14. The normalized spacial score (nSPS) is 28.0. The molecule has 132 valence electrons. The van der Waals surface area contributed by atoms with Gasteiger partial charge in [-0.15, -0.1) is 0 Å². The number of benzene rings is 1. The summed E-state index contributed by atoms with van der Waals surface area (Å²) in [5, 5.41) is 9.33. The van der Waals surface area contributed by atoms with Crippen LogP contribution in [0.1, 0.15) is 25.3 Å². The van der Waals surface area contributed by atoms with E-state index in [9.17, 15) is 14.3 Å². The van der Waals surface area contributed by atoms with Gasteiger partial charge in [-0.3, -0.25) is 0 Å². The molecule has 3 rings (SSSR count). The van der Waals surface area contributed by atoms with E-state index in [0.717, 1.165) is 24.9 Å². The van der Waals surface area contributed by atoms with Crippen molar-refractivity contribution in [2.45, 2.75) is 38.8 Å². The first-order chi connectivity index (χ1) is 11.5. The van der Waals surface area contributed by atoms with Gasteiger partial charge >= 0.3 is 6.09 Å². The van der Waals surface area contributed by atoms with E-state index in [1.807, 2.05) is 26.0 Å². The number of amides is 1. The Hall–Kier alpha value is -1.82. The van der Waals surface area contributed by atoms with Gasteiger partial charge in [0.1, 0.15) is 5.82 Å². The Morgan fingerprint density at radius 2 is 2.17 bits per heavy atom. The van der Waals surface area contributed by atoms with Crippen LogP contribution in [-0.4, -0.2) is 54.5 Å². The fraction of sp³-hybridized carbons (Fsp3) is 0.611. The van der Waals surface area contributed by atoms with Crippen LogP contribution in [0.25, 0.3) is 0 Å². The summed E-state index contributed by atoms with van der Waals surface area (Å²) in [7, 11) is 0. The molecule has 2 aliphatic heterocycles. The van der Waals surface area contributed by atoms with Crippen molar-refractivity contribution in [2.75, 3.05) is 31.1 Å². The second kappa shape index (κ2) is 6.97. The van der Waals surface area contributed by atoms with Gasteiger partial charge in [0.15, 0.2) is 0 Å². The molecule has 3 unspecified atom stereocenters. The van der Waals surface area contributed by atoms with Gasteiger partial charge in [0.2, 0.25) is 0 Å². The van der Waals surface area contributed by atoms with E-state index in [0.29, 0.717) is 25.4 Å². The SMILES string of the molecule is Cc1ccc(N2CCCC(C3OCCN(C(=O)O)C3C)C2)c(F)c1. The van der Waals surface area contributed by atoms with E-state index in [2.05, 4.69) is 4.90 Å². The monoisotopic (exact) mass is 336 g/mol. The average Bonchev–Trinajstić information content (AvgIpc) is 2.55. The smallest absolute Gasteiger partial charge is 0.407 e. The number of hydrogen-bond donors (Lipinski definition) is 1. The molecule has 2 fully saturated rings. The lowest BCUT2D eigenvalue weighted by Gasteiger charge is -2.45. The third-order valence-corrected chi connectivity index (χ3v) is 5.22. The van der Waals surface area contributed by atoms with Crippen LogP contribution in [0.4, 0.5) is 14.9 Å². The number of piperidine rings is 1. The van der Waals surface area contributed by atoms with Crippen LogP contribution in [0.2, 0.25) is 0 Å². The quantitative estimate of drug-likeness (QED) is 0.901. The molecule has 0 aliphatic carbocycles. The molecular weight excluding hydrogens is 311 g/mol. The van der Waals surface area contributed by atoms with Crippen LogP contribution in [0.3, 0.4) is 0 Å². The predicted octanol–water partition coefficient (Wildman–Crippen LogP) is 3.12. The molecular formula is C18H25FN2O3. The Morgan fingerprint density at radius 3 is 2.88 bits per heavy atom. The Morgan fingerprint density at radius 1 is 1.38 bits per heavy atom. The summed E-state index contributed by atoms with van der Waals surface area (Å²) in [6.07, 6.45) is 0.906. The zero-order chi connectivity index (χ0) is 17.3. The van der Waals surface area contributed by atoms with E-state index in [4.69, 9.17) is 4.74 Å². The first-order valence-corrected chi connectivity index (χ1v) is 8.59. The van der Waals surface area contributed by atoms with E-state index < -0.39 is 6.09 Å². The zero-order valence-electron chi connectivity index (χ0n) is 14.2. The van der Waals surface area contributed by atoms with Gasteiger partial charge in [0, 0.05) is 25.6 Å². The third kappa shape index (κ3) is 3.34. The lowest BCUT2D eigenvalue weighted by atomic mass is 9.87. The number of ether oxygens (including phenoxy) is 1. The third-order valence-electron chi connectivity index (χ3n) is 5.22. The molecule has 0 spiro atoms. The van der Waals surface area contributed by atoms with E-state index in [1.54, 1.807) is 6.07 Å². The molecule has 2 heterocycles. The molecule has 5 nitrogen and oxygen atoms in total. The lowest BCUT2D eigenvalue weighted by molar-refractivity contribution is -0.0841. The molecule has 0 saturated carbocycles. The highest BCUT2D eigenvalue weighted by molar-refractivity contribution is 5.65. The van der Waals surface area contributed by atoms with Crippen molar-refractivity contribution in [3.05, 3.63) is 29.6 Å². The molecule has 24 heavy (non-hydrogen) atoms. The number of nitrogens with zero attached hydrogens (tertiary/aromatic N) is 2. The van der Waals surface area contributed by atoms with Crippen LogP contribution >= 0.6 is 0 Å². The minimum atomic E-state index is -0.895. The Labute approximate surface area is 142 Å². The van der Waals surface area contributed by atoms with E-state index >= 15 is 0 Å². The van der Waals surface area contributed by atoms with Crippen LogP contribution < -0.4 is 4.90 Å². The second-order valence-electron chi connectivity index (χ2n) is 6.86. The number of hydrogen-bond acceptors (Lipinski definition) is 3. The minimum Gasteiger partial charge on any atom is -0.465 e. The fourth-order valence-corrected chi connectivity index (χ4v) is 3.97. The van der Waals surface area contributed by atoms with Crippen LogP contribution in [-0.2, 0) is 4.74 Å². The maximum atomic E-state index is 14.3. The summed E-state index contributed by atoms with van der Waals surface area (Å²) in [5.41, 5.74) is 1.54. The first-order valence-electron chi connectivity index (χ1n) is 8.59. The largest absolute Gasteiger partial charge is 0.465 e. The van der Waals surface area contributed by atoms with Gasteiger partial charge in [0.05, 0.1) is 24.4 Å². The zero-order valence-corrected chi connectivity index (χ0v) is 14.2. The number of carbonyl (C=O) groups is 1. The van der Waals surface area contributed by atoms with Gasteiger partial charge < -0.3 is 19.6 Å². The highest BCUT2D eigenvalue weighted by Gasteiger charge is 2.38. The van der Waals surface area contributed by atoms with Gasteiger partial charge in [-0.2, -0.15) is 0 Å². The van der Waals surface area contributed by atoms with Gasteiger partial charge in [-0.05, 0) is 44.4 Å². The summed E-state index contributed by atoms with van der Waals surface area (Å²) in [5.74, 6) is 0.0111. The van der Waals surface area contributed by atoms with Gasteiger partial charge in [-0.25, -0.2) is 9.18 Å². The molecule has 1 aromatic rings. The van der Waals surface area contributed by atoms with Gasteiger partial charge in [0.25, 0.3) is 0 Å². The summed E-state index contributed by atoms with van der Waals surface area (Å²) in [6, 6.07) is 5.14. The number of morpholine rings is 1. The molecule has 1 amide bonds. The second-order valence-corrected chi connectivity index (χ2v) is 6.86. The number of anilines is 1. The molecule has 0 bridgehead atoms. The van der Waals surface area contributed by atoms with Crippen molar-refractivity contribution >= 4 is 11.8 Å². The van der Waals surface area contributed by atoms with Crippen LogP contribution in [0, 0.1) is 18.7 Å². The molecule has 1 N–H and O–H groups in total. The number of rotatable bonds is 2. The Kier molecular flexibility index (Phi) is 4.94. The van der Waals surface area contributed by atoms with Crippen molar-refractivity contribution in [2.24, 2.45) is 5.92 Å². The van der Waals surface area contributed by atoms with Crippen LogP contribution in [0.5, 0.6) is 0 Å². The van der Waals surface area contributed by atoms with E-state index in [1.165, 1.54) is 4.90 Å². The molecule has 2 saturated heterocycles. The molecule has 6 heteroatoms. The first kappa shape index (κ1) is 17.0. The minimum absolute atomic E-state index is 0.133. The fourth-order valence-electron chi connectivity index (χ4n) is 3.97. The molecule has 0 aromatic heterocycles. The average molecular weight is 336 g/mol. The number of aryl methyl sites for hydroxylation is 1. The summed E-state index contributed by atoms with van der Waals surface area (Å²) in [4.78, 5) is 14.9. The summed E-state index contributed by atoms with van der Waals surface area (Å²) >= 11 is 0. The molecule has 0 radical (unpaired) electrons. The Bertz CT molecular complexity index is 610. The van der Waals surface area contributed by atoms with Crippen molar-refractivity contribution in [3.63, 3.8) is 0 Å². The Balaban J connectivity index is 1.74. The molecule has 3 atom stereocenters. The van der Waals surface area contributed by atoms with Crippen molar-refractivity contribution in [1.82, 2.24) is 4.90 Å². The van der Waals surface area contributed by atoms with Crippen molar-refractivity contribution < 1.29 is 19.0 Å². The van der Waals surface area contributed by atoms with Crippen molar-refractivity contribution in [3.8, 4) is 0 Å². The maximum Gasteiger partial charge on any atom is 0.407 e. The number of halogens is 1. The van der Waals surface area contributed by atoms with Crippen LogP contribution in [0.15, 0.2) is 18.2 Å². The van der Waals surface area contributed by atoms with Crippen molar-refractivity contribution in [1.29, 1.82) is 0 Å². The standard InChI is InChI=1S/C18H25FN2O3/c1-12-5-6-16(15(19)10-12)20-7-3-4-14(11-20)17-13(2)21(18(22)23)8-9-24-17/h5-6,10,13-14,17H,3-4,7-9,11H2,1-2H3,(H,22,23). The summed E-state index contributed by atoms with van der Waals surface area (Å²) < 4.78 is 20.2. The lowest BCUT2D eigenvalue weighted by Crippen LogP contribution is -2.56. The predicted molar refractivity (Wildman–Crippen MR) is 90.0 cm³/mol. The highest BCUT2D eigenvalue weighted by atomic mass is 19.1. The van der Waals surface area contributed by atoms with Gasteiger partial charge in [-0.1, -0.05) is 6.07 Å². The maximum absolute atomic E-state index is 14.3. The van der Waals surface area contributed by atoms with E-state index in [-0.39, 0.29) is 23.9 Å².